The van der Waals surface area contributed by atoms with Gasteiger partial charge in [-0.2, -0.15) is 0 Å². The number of benzene rings is 3. The summed E-state index contributed by atoms with van der Waals surface area (Å²) in [6.45, 7) is 10.4. The van der Waals surface area contributed by atoms with E-state index >= 15 is 0 Å². The van der Waals surface area contributed by atoms with Crippen LogP contribution >= 0.6 is 0 Å². The van der Waals surface area contributed by atoms with Crippen LogP contribution in [-0.2, 0) is 4.74 Å². The van der Waals surface area contributed by atoms with E-state index in [1.54, 1.807) is 0 Å². The smallest absolute Gasteiger partial charge is 0.410 e. The normalized spacial score (nSPS) is 19.6. The molecule has 1 unspecified atom stereocenters. The monoisotopic (exact) mass is 430 g/mol. The first-order chi connectivity index (χ1) is 15.3. The number of rotatable bonds is 5. The van der Waals surface area contributed by atoms with E-state index in [0.29, 0.717) is 18.4 Å². The molecule has 1 N–H and O–H groups in total. The van der Waals surface area contributed by atoms with Crippen LogP contribution in [0.25, 0.3) is 10.8 Å². The average Bonchev–Trinajstić information content (AvgIpc) is 3.24. The molecule has 168 valence electrons. The molecule has 0 bridgehead atoms. The molecule has 4 nitrogen and oxygen atoms in total. The Bertz CT molecular complexity index is 1050. The quantitative estimate of drug-likeness (QED) is 0.528. The highest BCUT2D eigenvalue weighted by atomic mass is 16.6. The van der Waals surface area contributed by atoms with Crippen LogP contribution in [0.1, 0.15) is 50.8 Å². The predicted molar refractivity (Wildman–Crippen MR) is 131 cm³/mol. The standard InChI is InChI=1S/C28H34N2O2/c1-20(24-16-10-14-21-13-8-9-15-25(21)24)30(27(31)32-28(2,3)4)19-23-17-29-18-26(23)22-11-6-5-7-12-22/h5-16,20,23,26,29H,17-19H2,1-4H3/t20-,23?,26-/m1/s1. The number of ether oxygens (including phenoxy) is 1. The van der Waals surface area contributed by atoms with Crippen LogP contribution in [-0.4, -0.2) is 36.2 Å². The second-order valence-electron chi connectivity index (χ2n) is 9.81. The highest BCUT2D eigenvalue weighted by Crippen LogP contribution is 2.34. The molecular weight excluding hydrogens is 396 g/mol. The first kappa shape index (κ1) is 22.3. The first-order valence-corrected chi connectivity index (χ1v) is 11.6. The molecule has 0 aliphatic carbocycles. The van der Waals surface area contributed by atoms with Gasteiger partial charge in [0.15, 0.2) is 0 Å². The summed E-state index contributed by atoms with van der Waals surface area (Å²) in [6.07, 6.45) is -0.253. The van der Waals surface area contributed by atoms with Gasteiger partial charge in [0, 0.05) is 25.6 Å². The van der Waals surface area contributed by atoms with Crippen molar-refractivity contribution in [1.29, 1.82) is 0 Å². The summed E-state index contributed by atoms with van der Waals surface area (Å²) in [5.41, 5.74) is 1.93. The van der Waals surface area contributed by atoms with Crippen molar-refractivity contribution in [2.24, 2.45) is 5.92 Å². The minimum absolute atomic E-state index is 0.104. The second kappa shape index (κ2) is 9.33. The van der Waals surface area contributed by atoms with E-state index in [-0.39, 0.29) is 12.1 Å². The van der Waals surface area contributed by atoms with Gasteiger partial charge in [-0.1, -0.05) is 72.8 Å². The molecule has 1 fully saturated rings. The highest BCUT2D eigenvalue weighted by Gasteiger charge is 2.35. The number of carbonyl (C=O) groups excluding carboxylic acids is 1. The number of nitrogens with one attached hydrogen (secondary N) is 1. The summed E-state index contributed by atoms with van der Waals surface area (Å²) in [5.74, 6) is 0.697. The maximum atomic E-state index is 13.4. The third-order valence-corrected chi connectivity index (χ3v) is 6.37. The molecule has 0 radical (unpaired) electrons. The van der Waals surface area contributed by atoms with E-state index < -0.39 is 5.60 Å². The maximum Gasteiger partial charge on any atom is 0.410 e. The Hall–Kier alpha value is -2.85. The fraction of sp³-hybridized carbons (Fsp3) is 0.393. The van der Waals surface area contributed by atoms with E-state index in [1.165, 1.54) is 16.3 Å². The van der Waals surface area contributed by atoms with Gasteiger partial charge in [0.05, 0.1) is 6.04 Å². The SMILES string of the molecule is C[C@H](c1cccc2ccccc12)N(CC1CNC[C@@H]1c1ccccc1)C(=O)OC(C)(C)C. The van der Waals surface area contributed by atoms with E-state index in [1.807, 2.05) is 25.7 Å². The van der Waals surface area contributed by atoms with Crippen LogP contribution in [0.5, 0.6) is 0 Å². The van der Waals surface area contributed by atoms with Crippen molar-refractivity contribution in [2.45, 2.75) is 45.3 Å². The van der Waals surface area contributed by atoms with Crippen LogP contribution in [0, 0.1) is 5.92 Å². The van der Waals surface area contributed by atoms with Gasteiger partial charge in [-0.3, -0.25) is 0 Å². The molecule has 4 heteroatoms. The van der Waals surface area contributed by atoms with E-state index in [9.17, 15) is 4.79 Å². The molecule has 0 spiro atoms. The molecule has 1 heterocycles. The molecule has 1 amide bonds. The Balaban J connectivity index is 1.66. The summed E-state index contributed by atoms with van der Waals surface area (Å²) in [4.78, 5) is 15.4. The molecule has 3 atom stereocenters. The fourth-order valence-electron chi connectivity index (χ4n) is 4.76. The summed E-state index contributed by atoms with van der Waals surface area (Å²) in [5, 5.41) is 5.91. The second-order valence-corrected chi connectivity index (χ2v) is 9.81. The number of amides is 1. The third kappa shape index (κ3) is 4.97. The largest absolute Gasteiger partial charge is 0.444 e. The lowest BCUT2D eigenvalue weighted by Gasteiger charge is -2.35. The first-order valence-electron chi connectivity index (χ1n) is 11.6. The lowest BCUT2D eigenvalue weighted by Crippen LogP contribution is -2.42. The Morgan fingerprint density at radius 2 is 1.69 bits per heavy atom. The zero-order valence-corrected chi connectivity index (χ0v) is 19.5. The minimum Gasteiger partial charge on any atom is -0.444 e. The summed E-state index contributed by atoms with van der Waals surface area (Å²) in [7, 11) is 0. The van der Waals surface area contributed by atoms with Crippen molar-refractivity contribution < 1.29 is 9.53 Å². The van der Waals surface area contributed by atoms with E-state index in [4.69, 9.17) is 4.74 Å². The van der Waals surface area contributed by atoms with Crippen LogP contribution in [0.3, 0.4) is 0 Å². The van der Waals surface area contributed by atoms with Gasteiger partial charge in [0.1, 0.15) is 5.60 Å². The number of hydrogen-bond acceptors (Lipinski definition) is 3. The molecule has 1 saturated heterocycles. The van der Waals surface area contributed by atoms with Gasteiger partial charge in [-0.15, -0.1) is 0 Å². The fourth-order valence-corrected chi connectivity index (χ4v) is 4.76. The maximum absolute atomic E-state index is 13.4. The third-order valence-electron chi connectivity index (χ3n) is 6.37. The van der Waals surface area contributed by atoms with E-state index in [2.05, 4.69) is 85.0 Å². The number of nitrogens with zero attached hydrogens (tertiary/aromatic N) is 1. The number of carbonyl (C=O) groups is 1. The summed E-state index contributed by atoms with van der Waals surface area (Å²) >= 11 is 0. The topological polar surface area (TPSA) is 41.6 Å². The molecule has 3 aromatic rings. The highest BCUT2D eigenvalue weighted by molar-refractivity contribution is 5.86. The molecule has 0 aromatic heterocycles. The minimum atomic E-state index is -0.541. The van der Waals surface area contributed by atoms with Crippen molar-refractivity contribution in [2.75, 3.05) is 19.6 Å². The van der Waals surface area contributed by atoms with Gasteiger partial charge in [0.25, 0.3) is 0 Å². The molecule has 1 aliphatic rings. The Kier molecular flexibility index (Phi) is 6.52. The van der Waals surface area contributed by atoms with Crippen LogP contribution in [0.15, 0.2) is 72.8 Å². The Morgan fingerprint density at radius 1 is 1.00 bits per heavy atom. The molecule has 3 aromatic carbocycles. The Labute approximate surface area is 191 Å². The van der Waals surface area contributed by atoms with Gasteiger partial charge in [0.2, 0.25) is 0 Å². The van der Waals surface area contributed by atoms with Crippen molar-refractivity contribution in [3.8, 4) is 0 Å². The summed E-state index contributed by atoms with van der Waals surface area (Å²) in [6, 6.07) is 25.2. The average molecular weight is 431 g/mol. The Morgan fingerprint density at radius 3 is 2.44 bits per heavy atom. The van der Waals surface area contributed by atoms with Crippen LogP contribution in [0.2, 0.25) is 0 Å². The van der Waals surface area contributed by atoms with Crippen molar-refractivity contribution in [3.05, 3.63) is 83.9 Å². The van der Waals surface area contributed by atoms with Crippen molar-refractivity contribution >= 4 is 16.9 Å². The molecule has 4 rings (SSSR count). The molecule has 0 saturated carbocycles. The number of fused-ring (bicyclic) bond motifs is 1. The van der Waals surface area contributed by atoms with Crippen LogP contribution < -0.4 is 5.32 Å². The zero-order chi connectivity index (χ0) is 22.7. The van der Waals surface area contributed by atoms with Gasteiger partial charge < -0.3 is 15.0 Å². The van der Waals surface area contributed by atoms with Gasteiger partial charge >= 0.3 is 6.09 Å². The summed E-state index contributed by atoms with van der Waals surface area (Å²) < 4.78 is 5.87. The predicted octanol–water partition coefficient (Wildman–Crippen LogP) is 6.14. The van der Waals surface area contributed by atoms with Crippen molar-refractivity contribution in [1.82, 2.24) is 10.2 Å². The lowest BCUT2D eigenvalue weighted by molar-refractivity contribution is 0.0139. The molecular formula is C28H34N2O2. The number of hydrogen-bond donors (Lipinski definition) is 1. The van der Waals surface area contributed by atoms with Gasteiger partial charge in [-0.25, -0.2) is 4.79 Å². The van der Waals surface area contributed by atoms with Gasteiger partial charge in [-0.05, 0) is 55.5 Å². The van der Waals surface area contributed by atoms with Crippen LogP contribution in [0.4, 0.5) is 4.79 Å². The van der Waals surface area contributed by atoms with E-state index in [0.717, 1.165) is 18.7 Å². The molecule has 1 aliphatic heterocycles. The van der Waals surface area contributed by atoms with Crippen molar-refractivity contribution in [3.63, 3.8) is 0 Å². The lowest BCUT2D eigenvalue weighted by atomic mass is 9.88. The zero-order valence-electron chi connectivity index (χ0n) is 19.5. The molecule has 32 heavy (non-hydrogen) atoms.